The van der Waals surface area contributed by atoms with Crippen LogP contribution in [0.15, 0.2) is 40.8 Å². The molecule has 2 aromatic rings. The zero-order valence-electron chi connectivity index (χ0n) is 13.3. The van der Waals surface area contributed by atoms with Gasteiger partial charge >= 0.3 is 6.18 Å². The van der Waals surface area contributed by atoms with Crippen LogP contribution < -0.4 is 5.32 Å². The summed E-state index contributed by atoms with van der Waals surface area (Å²) in [5, 5.41) is 2.48. The summed E-state index contributed by atoms with van der Waals surface area (Å²) >= 11 is 0. The lowest BCUT2D eigenvalue weighted by Crippen LogP contribution is -2.36. The molecule has 1 atom stereocenters. The number of nitrogens with one attached hydrogen (secondary N) is 1. The molecule has 1 N–H and O–H groups in total. The fourth-order valence-electron chi connectivity index (χ4n) is 2.16. The number of rotatable bonds is 6. The highest BCUT2D eigenvalue weighted by atomic mass is 19.4. The molecule has 1 amide bonds. The van der Waals surface area contributed by atoms with Gasteiger partial charge in [0.1, 0.15) is 5.76 Å². The molecule has 0 aliphatic carbocycles. The van der Waals surface area contributed by atoms with Crippen molar-refractivity contribution >= 4 is 5.91 Å². The van der Waals surface area contributed by atoms with E-state index in [0.717, 1.165) is 11.6 Å². The summed E-state index contributed by atoms with van der Waals surface area (Å²) in [5.41, 5.74) is 0.454. The lowest BCUT2D eigenvalue weighted by molar-refractivity contribution is -0.153. The molecule has 0 aliphatic heterocycles. The average molecular weight is 341 g/mol. The summed E-state index contributed by atoms with van der Waals surface area (Å²) in [6.07, 6.45) is -4.71. The van der Waals surface area contributed by atoms with Crippen molar-refractivity contribution in [1.29, 1.82) is 0 Å². The standard InChI is InChI=1S/C17H18F3NO3/c1-11(9-23-10-13-6-4-3-5-7-13)21-16(22)14-8-12(2)24-15(14)17(18,19)20/h3-8,11H,9-10H2,1-2H3,(H,21,22). The van der Waals surface area contributed by atoms with Crippen LogP contribution >= 0.6 is 0 Å². The normalized spacial score (nSPS) is 12.9. The van der Waals surface area contributed by atoms with E-state index in [-0.39, 0.29) is 12.4 Å². The van der Waals surface area contributed by atoms with E-state index in [1.54, 1.807) is 6.92 Å². The molecule has 0 saturated heterocycles. The van der Waals surface area contributed by atoms with Gasteiger partial charge in [0.25, 0.3) is 5.91 Å². The zero-order valence-corrected chi connectivity index (χ0v) is 13.3. The Kier molecular flexibility index (Phi) is 5.66. The number of ether oxygens (including phenoxy) is 1. The number of carbonyl (C=O) groups excluding carboxylic acids is 1. The fourth-order valence-corrected chi connectivity index (χ4v) is 2.16. The molecule has 0 saturated carbocycles. The summed E-state index contributed by atoms with van der Waals surface area (Å²) in [5.74, 6) is -2.09. The highest BCUT2D eigenvalue weighted by Gasteiger charge is 2.40. The molecule has 2 rings (SSSR count). The SMILES string of the molecule is Cc1cc(C(=O)NC(C)COCc2ccccc2)c(C(F)(F)F)o1. The number of carbonyl (C=O) groups is 1. The first-order chi connectivity index (χ1) is 11.3. The maximum Gasteiger partial charge on any atom is 0.450 e. The minimum atomic E-state index is -4.71. The second kappa shape index (κ2) is 7.53. The van der Waals surface area contributed by atoms with Crippen molar-refractivity contribution in [2.24, 2.45) is 0 Å². The Bertz CT molecular complexity index is 680. The Morgan fingerprint density at radius 1 is 1.29 bits per heavy atom. The molecule has 1 aromatic carbocycles. The molecule has 130 valence electrons. The summed E-state index contributed by atoms with van der Waals surface area (Å²) < 4.78 is 48.6. The summed E-state index contributed by atoms with van der Waals surface area (Å²) in [7, 11) is 0. The number of aryl methyl sites for hydroxylation is 1. The molecule has 0 spiro atoms. The van der Waals surface area contributed by atoms with Gasteiger partial charge in [-0.25, -0.2) is 0 Å². The number of benzene rings is 1. The van der Waals surface area contributed by atoms with Crippen molar-refractivity contribution in [1.82, 2.24) is 5.32 Å². The second-order valence-corrected chi connectivity index (χ2v) is 5.47. The summed E-state index contributed by atoms with van der Waals surface area (Å²) in [4.78, 5) is 12.0. The van der Waals surface area contributed by atoms with Gasteiger partial charge in [-0.2, -0.15) is 13.2 Å². The Labute approximate surface area is 137 Å². The number of halogens is 3. The molecular formula is C17H18F3NO3. The summed E-state index contributed by atoms with van der Waals surface area (Å²) in [6.45, 7) is 3.56. The van der Waals surface area contributed by atoms with E-state index in [1.807, 2.05) is 30.3 Å². The van der Waals surface area contributed by atoms with E-state index in [1.165, 1.54) is 6.92 Å². The molecule has 0 fully saturated rings. The molecule has 1 aromatic heterocycles. The van der Waals surface area contributed by atoms with Crippen molar-refractivity contribution in [3.63, 3.8) is 0 Å². The predicted octanol–water partition coefficient (Wildman–Crippen LogP) is 3.94. The van der Waals surface area contributed by atoms with Crippen molar-refractivity contribution in [2.45, 2.75) is 32.7 Å². The predicted molar refractivity (Wildman–Crippen MR) is 81.5 cm³/mol. The van der Waals surface area contributed by atoms with E-state index in [4.69, 9.17) is 4.74 Å². The smallest absolute Gasteiger partial charge is 0.450 e. The molecule has 0 radical (unpaired) electrons. The number of alkyl halides is 3. The maximum atomic E-state index is 12.9. The number of furan rings is 1. The third kappa shape index (κ3) is 4.86. The van der Waals surface area contributed by atoms with Crippen molar-refractivity contribution in [3.8, 4) is 0 Å². The van der Waals surface area contributed by atoms with Gasteiger partial charge in [-0.1, -0.05) is 30.3 Å². The van der Waals surface area contributed by atoms with Gasteiger partial charge in [-0.15, -0.1) is 0 Å². The maximum absolute atomic E-state index is 12.9. The van der Waals surface area contributed by atoms with Crippen molar-refractivity contribution in [2.75, 3.05) is 6.61 Å². The lowest BCUT2D eigenvalue weighted by Gasteiger charge is -2.14. The van der Waals surface area contributed by atoms with Gasteiger partial charge in [0, 0.05) is 6.04 Å². The van der Waals surface area contributed by atoms with E-state index < -0.39 is 29.4 Å². The molecule has 1 heterocycles. The summed E-state index contributed by atoms with van der Waals surface area (Å²) in [6, 6.07) is 10.1. The Morgan fingerprint density at radius 3 is 2.58 bits per heavy atom. The topological polar surface area (TPSA) is 51.5 Å². The Hall–Kier alpha value is -2.28. The zero-order chi connectivity index (χ0) is 17.7. The molecule has 4 nitrogen and oxygen atoms in total. The number of amides is 1. The van der Waals surface area contributed by atoms with E-state index in [9.17, 15) is 18.0 Å². The van der Waals surface area contributed by atoms with Crippen LogP contribution in [0.25, 0.3) is 0 Å². The van der Waals surface area contributed by atoms with E-state index in [0.29, 0.717) is 6.61 Å². The first-order valence-electron chi connectivity index (χ1n) is 7.37. The van der Waals surface area contributed by atoms with Gasteiger partial charge in [0.2, 0.25) is 5.76 Å². The third-order valence-corrected chi connectivity index (χ3v) is 3.21. The van der Waals surface area contributed by atoms with E-state index in [2.05, 4.69) is 9.73 Å². The van der Waals surface area contributed by atoms with Crippen LogP contribution in [-0.2, 0) is 17.5 Å². The first-order valence-corrected chi connectivity index (χ1v) is 7.37. The monoisotopic (exact) mass is 341 g/mol. The Morgan fingerprint density at radius 2 is 1.96 bits per heavy atom. The van der Waals surface area contributed by atoms with Crippen LogP contribution in [0.4, 0.5) is 13.2 Å². The highest BCUT2D eigenvalue weighted by Crippen LogP contribution is 2.34. The van der Waals surface area contributed by atoms with Crippen LogP contribution in [-0.4, -0.2) is 18.6 Å². The van der Waals surface area contributed by atoms with Crippen molar-refractivity contribution in [3.05, 3.63) is 59.0 Å². The average Bonchev–Trinajstić information content (AvgIpc) is 2.91. The fraction of sp³-hybridized carbons (Fsp3) is 0.353. The molecule has 24 heavy (non-hydrogen) atoms. The van der Waals surface area contributed by atoms with Crippen LogP contribution in [0.3, 0.4) is 0 Å². The largest absolute Gasteiger partial charge is 0.456 e. The molecule has 1 unspecified atom stereocenters. The van der Waals surface area contributed by atoms with Gasteiger partial charge in [0.15, 0.2) is 0 Å². The minimum absolute atomic E-state index is 0.0282. The van der Waals surface area contributed by atoms with Gasteiger partial charge in [-0.05, 0) is 25.5 Å². The van der Waals surface area contributed by atoms with Crippen LogP contribution in [0.1, 0.15) is 34.4 Å². The quantitative estimate of drug-likeness (QED) is 0.866. The van der Waals surface area contributed by atoms with Crippen LogP contribution in [0.2, 0.25) is 0 Å². The molecule has 0 aliphatic rings. The lowest BCUT2D eigenvalue weighted by atomic mass is 10.2. The molecule has 0 bridgehead atoms. The first kappa shape index (κ1) is 18.1. The Balaban J connectivity index is 1.90. The minimum Gasteiger partial charge on any atom is -0.456 e. The molecular weight excluding hydrogens is 323 g/mol. The number of hydrogen-bond acceptors (Lipinski definition) is 3. The molecule has 7 heteroatoms. The van der Waals surface area contributed by atoms with Crippen LogP contribution in [0.5, 0.6) is 0 Å². The van der Waals surface area contributed by atoms with Crippen molar-refractivity contribution < 1.29 is 27.1 Å². The van der Waals surface area contributed by atoms with Crippen LogP contribution in [0, 0.1) is 6.92 Å². The van der Waals surface area contributed by atoms with Gasteiger partial charge < -0.3 is 14.5 Å². The van der Waals surface area contributed by atoms with E-state index >= 15 is 0 Å². The van der Waals surface area contributed by atoms with Gasteiger partial charge in [-0.3, -0.25) is 4.79 Å². The number of hydrogen-bond donors (Lipinski definition) is 1. The van der Waals surface area contributed by atoms with Gasteiger partial charge in [0.05, 0.1) is 18.8 Å². The second-order valence-electron chi connectivity index (χ2n) is 5.47. The third-order valence-electron chi connectivity index (χ3n) is 3.21. The highest BCUT2D eigenvalue weighted by molar-refractivity contribution is 5.95.